The van der Waals surface area contributed by atoms with Gasteiger partial charge in [0.05, 0.1) is 22.8 Å². The van der Waals surface area contributed by atoms with Crippen molar-refractivity contribution in [2.24, 2.45) is 0 Å². The first-order chi connectivity index (χ1) is 15.6. The third-order valence-electron chi connectivity index (χ3n) is 5.07. The zero-order chi connectivity index (χ0) is 23.9. The summed E-state index contributed by atoms with van der Waals surface area (Å²) in [5.41, 5.74) is 2.40. The number of amides is 1. The minimum atomic E-state index is -4.10. The number of pyridine rings is 1. The van der Waals surface area contributed by atoms with E-state index < -0.39 is 21.9 Å². The van der Waals surface area contributed by atoms with Crippen molar-refractivity contribution in [3.8, 4) is 0 Å². The van der Waals surface area contributed by atoms with Crippen LogP contribution in [0.5, 0.6) is 0 Å². The number of carboxylic acids is 1. The van der Waals surface area contributed by atoms with Crippen molar-refractivity contribution in [2.75, 3.05) is 10.0 Å². The van der Waals surface area contributed by atoms with Crippen LogP contribution in [0.4, 0.5) is 11.4 Å². The number of carbonyl (C=O) groups excluding carboxylic acids is 1. The standard InChI is InChI=1S/C21H18N4O5S3/c1-10-8-11(2)17(12(3)16(10)21(27)28)24-19(26)18-15(5-7-31-18)33(29,30)25-14-4-6-22-20-13(14)9-23-32-20/h4-9H,1-3H3,(H,22,25)(H,24,26)(H,27,28). The lowest BCUT2D eigenvalue weighted by Gasteiger charge is -2.16. The molecule has 0 aliphatic rings. The molecule has 0 unspecified atom stereocenters. The van der Waals surface area contributed by atoms with Gasteiger partial charge < -0.3 is 10.4 Å². The van der Waals surface area contributed by atoms with Crippen LogP contribution in [0.1, 0.15) is 36.7 Å². The number of fused-ring (bicyclic) bond motifs is 1. The average Bonchev–Trinajstić information content (AvgIpc) is 3.40. The Kier molecular flexibility index (Phi) is 5.91. The Labute approximate surface area is 197 Å². The van der Waals surface area contributed by atoms with E-state index in [-0.39, 0.29) is 15.3 Å². The number of hydrogen-bond donors (Lipinski definition) is 3. The molecule has 1 amide bonds. The molecule has 0 saturated heterocycles. The topological polar surface area (TPSA) is 138 Å². The molecule has 33 heavy (non-hydrogen) atoms. The molecular formula is C21H18N4O5S3. The number of nitrogens with zero attached hydrogens (tertiary/aromatic N) is 2. The van der Waals surface area contributed by atoms with Crippen LogP contribution in [0.2, 0.25) is 0 Å². The fraction of sp³-hybridized carbons (Fsp3) is 0.143. The molecule has 1 aromatic carbocycles. The molecule has 9 nitrogen and oxygen atoms in total. The number of benzene rings is 1. The number of anilines is 2. The molecule has 0 saturated carbocycles. The van der Waals surface area contributed by atoms with Crippen LogP contribution >= 0.6 is 22.9 Å². The molecule has 4 aromatic rings. The van der Waals surface area contributed by atoms with E-state index in [1.807, 2.05) is 0 Å². The first-order valence-electron chi connectivity index (χ1n) is 9.55. The van der Waals surface area contributed by atoms with Gasteiger partial charge in [-0.3, -0.25) is 9.52 Å². The molecule has 0 bridgehead atoms. The molecule has 0 aliphatic heterocycles. The van der Waals surface area contributed by atoms with Crippen LogP contribution in [0.25, 0.3) is 10.2 Å². The van der Waals surface area contributed by atoms with Gasteiger partial charge in [0, 0.05) is 11.9 Å². The molecule has 170 valence electrons. The predicted molar refractivity (Wildman–Crippen MR) is 128 cm³/mol. The van der Waals surface area contributed by atoms with E-state index in [2.05, 4.69) is 19.4 Å². The summed E-state index contributed by atoms with van der Waals surface area (Å²) in [6, 6.07) is 4.54. The van der Waals surface area contributed by atoms with E-state index in [9.17, 15) is 23.1 Å². The van der Waals surface area contributed by atoms with Gasteiger partial charge in [-0.05, 0) is 66.5 Å². The monoisotopic (exact) mass is 502 g/mol. The lowest BCUT2D eigenvalue weighted by Crippen LogP contribution is -2.20. The SMILES string of the molecule is Cc1cc(C)c(C(=O)O)c(C)c1NC(=O)c1sccc1S(=O)(=O)Nc1ccnc2sncc12. The van der Waals surface area contributed by atoms with Gasteiger partial charge >= 0.3 is 5.97 Å². The summed E-state index contributed by atoms with van der Waals surface area (Å²) in [6.07, 6.45) is 3.00. The van der Waals surface area contributed by atoms with Crippen molar-refractivity contribution in [2.45, 2.75) is 25.7 Å². The van der Waals surface area contributed by atoms with E-state index in [4.69, 9.17) is 0 Å². The van der Waals surface area contributed by atoms with Crippen LogP contribution in [-0.4, -0.2) is 34.8 Å². The van der Waals surface area contributed by atoms with Crippen LogP contribution in [0.3, 0.4) is 0 Å². The van der Waals surface area contributed by atoms with Gasteiger partial charge in [-0.25, -0.2) is 18.2 Å². The Hall–Kier alpha value is -3.35. The maximum atomic E-state index is 13.1. The number of aromatic nitrogens is 2. The van der Waals surface area contributed by atoms with Gasteiger partial charge in [-0.15, -0.1) is 11.3 Å². The second-order valence-corrected chi connectivity index (χ2v) is 10.6. The van der Waals surface area contributed by atoms with Crippen molar-refractivity contribution < 1.29 is 23.1 Å². The fourth-order valence-electron chi connectivity index (χ4n) is 3.62. The Morgan fingerprint density at radius 1 is 1.12 bits per heavy atom. The smallest absolute Gasteiger partial charge is 0.336 e. The lowest BCUT2D eigenvalue weighted by molar-refractivity contribution is 0.0695. The van der Waals surface area contributed by atoms with Crippen molar-refractivity contribution in [3.05, 3.63) is 63.1 Å². The molecule has 0 aliphatic carbocycles. The molecule has 12 heteroatoms. The van der Waals surface area contributed by atoms with Crippen molar-refractivity contribution in [1.29, 1.82) is 0 Å². The van der Waals surface area contributed by atoms with Gasteiger partial charge in [0.25, 0.3) is 15.9 Å². The van der Waals surface area contributed by atoms with Crippen LogP contribution < -0.4 is 10.0 Å². The van der Waals surface area contributed by atoms with Gasteiger partial charge in [0.2, 0.25) is 0 Å². The predicted octanol–water partition coefficient (Wildman–Crippen LogP) is 4.43. The number of hydrogen-bond acceptors (Lipinski definition) is 8. The summed E-state index contributed by atoms with van der Waals surface area (Å²) in [5, 5.41) is 14.3. The summed E-state index contributed by atoms with van der Waals surface area (Å²) in [4.78, 5) is 29.3. The van der Waals surface area contributed by atoms with E-state index in [0.29, 0.717) is 38.3 Å². The van der Waals surface area contributed by atoms with Crippen LogP contribution in [-0.2, 0) is 10.0 Å². The largest absolute Gasteiger partial charge is 0.478 e. The first kappa shape index (κ1) is 22.8. The number of nitrogens with one attached hydrogen (secondary N) is 2. The third kappa shape index (κ3) is 4.19. The summed E-state index contributed by atoms with van der Waals surface area (Å²) in [7, 11) is -4.10. The third-order valence-corrected chi connectivity index (χ3v) is 8.23. The van der Waals surface area contributed by atoms with E-state index in [1.165, 1.54) is 29.9 Å². The molecule has 3 N–H and O–H groups in total. The highest BCUT2D eigenvalue weighted by Gasteiger charge is 2.26. The second-order valence-electron chi connectivity index (χ2n) is 7.27. The quantitative estimate of drug-likeness (QED) is 0.354. The van der Waals surface area contributed by atoms with Crippen LogP contribution in [0.15, 0.2) is 40.9 Å². The summed E-state index contributed by atoms with van der Waals surface area (Å²) >= 11 is 2.12. The maximum absolute atomic E-state index is 13.1. The van der Waals surface area contributed by atoms with Crippen molar-refractivity contribution in [1.82, 2.24) is 9.36 Å². The van der Waals surface area contributed by atoms with Crippen molar-refractivity contribution in [3.63, 3.8) is 0 Å². The zero-order valence-electron chi connectivity index (χ0n) is 17.7. The number of carbonyl (C=O) groups is 2. The number of carboxylic acid groups (broad SMARTS) is 1. The first-order valence-corrected chi connectivity index (χ1v) is 12.7. The minimum absolute atomic E-state index is 0.0208. The molecule has 4 rings (SSSR count). The molecule has 3 heterocycles. The zero-order valence-corrected chi connectivity index (χ0v) is 20.1. The summed E-state index contributed by atoms with van der Waals surface area (Å²) < 4.78 is 32.8. The Morgan fingerprint density at radius 2 is 1.88 bits per heavy atom. The second kappa shape index (κ2) is 8.54. The molecule has 0 spiro atoms. The number of thiophene rings is 1. The highest BCUT2D eigenvalue weighted by atomic mass is 32.2. The Bertz CT molecular complexity index is 1520. The number of aromatic carboxylic acids is 1. The highest BCUT2D eigenvalue weighted by molar-refractivity contribution is 7.93. The average molecular weight is 503 g/mol. The van der Waals surface area contributed by atoms with Gasteiger partial charge in [-0.2, -0.15) is 4.37 Å². The fourth-order valence-corrected chi connectivity index (χ4v) is 6.65. The minimum Gasteiger partial charge on any atom is -0.478 e. The molecular weight excluding hydrogens is 484 g/mol. The molecule has 0 fully saturated rings. The maximum Gasteiger partial charge on any atom is 0.336 e. The molecule has 0 atom stereocenters. The van der Waals surface area contributed by atoms with Gasteiger partial charge in [0.15, 0.2) is 0 Å². The Balaban J connectivity index is 1.68. The van der Waals surface area contributed by atoms with E-state index >= 15 is 0 Å². The Morgan fingerprint density at radius 3 is 2.61 bits per heavy atom. The van der Waals surface area contributed by atoms with E-state index in [1.54, 1.807) is 26.8 Å². The van der Waals surface area contributed by atoms with Crippen molar-refractivity contribution >= 4 is 66.4 Å². The lowest BCUT2D eigenvalue weighted by atomic mass is 9.97. The molecule has 0 radical (unpaired) electrons. The number of sulfonamides is 1. The van der Waals surface area contributed by atoms with Gasteiger partial charge in [0.1, 0.15) is 14.6 Å². The summed E-state index contributed by atoms with van der Waals surface area (Å²) in [5.74, 6) is -1.75. The molecule has 3 aromatic heterocycles. The number of rotatable bonds is 6. The highest BCUT2D eigenvalue weighted by Crippen LogP contribution is 2.31. The van der Waals surface area contributed by atoms with E-state index in [0.717, 1.165) is 22.9 Å². The summed E-state index contributed by atoms with van der Waals surface area (Å²) in [6.45, 7) is 5.04. The normalized spacial score (nSPS) is 11.5. The van der Waals surface area contributed by atoms with Crippen LogP contribution in [0, 0.1) is 20.8 Å². The van der Waals surface area contributed by atoms with Gasteiger partial charge in [-0.1, -0.05) is 6.07 Å². The number of aryl methyl sites for hydroxylation is 2.